The molecule has 0 N–H and O–H groups in total. The van der Waals surface area contributed by atoms with E-state index in [2.05, 4.69) is 87.2 Å². The van der Waals surface area contributed by atoms with Crippen LogP contribution in [0.1, 0.15) is 76.0 Å². The molecule has 2 aromatic carbocycles. The van der Waals surface area contributed by atoms with E-state index in [0.717, 1.165) is 0 Å². The highest BCUT2D eigenvalue weighted by molar-refractivity contribution is 7.28. The lowest BCUT2D eigenvalue weighted by molar-refractivity contribution is 0.792. The SMILES string of the molecule is CC(C)c1cccc(-c2cccc(C(C)C)c2C(C)C)c1P. The van der Waals surface area contributed by atoms with Crippen LogP contribution in [0.2, 0.25) is 0 Å². The third-order valence-electron chi connectivity index (χ3n) is 4.39. The van der Waals surface area contributed by atoms with E-state index in [1.807, 2.05) is 0 Å². The van der Waals surface area contributed by atoms with Gasteiger partial charge in [0.25, 0.3) is 0 Å². The zero-order valence-electron chi connectivity index (χ0n) is 14.8. The Balaban J connectivity index is 2.73. The molecule has 2 rings (SSSR count). The Labute approximate surface area is 138 Å². The summed E-state index contributed by atoms with van der Waals surface area (Å²) < 4.78 is 0. The fraction of sp³-hybridized carbons (Fsp3) is 0.429. The van der Waals surface area contributed by atoms with E-state index in [0.29, 0.717) is 17.8 Å². The highest BCUT2D eigenvalue weighted by Crippen LogP contribution is 2.36. The molecule has 0 radical (unpaired) electrons. The van der Waals surface area contributed by atoms with Crippen molar-refractivity contribution in [3.63, 3.8) is 0 Å². The van der Waals surface area contributed by atoms with E-state index in [-0.39, 0.29) is 0 Å². The number of hydrogen-bond acceptors (Lipinski definition) is 0. The Hall–Kier alpha value is -1.13. The molecule has 0 aromatic heterocycles. The zero-order chi connectivity index (χ0) is 16.4. The third-order valence-corrected chi connectivity index (χ3v) is 5.04. The molecular formula is C21H29P. The van der Waals surface area contributed by atoms with Crippen molar-refractivity contribution in [1.29, 1.82) is 0 Å². The minimum atomic E-state index is 0.528. The average molecular weight is 312 g/mol. The molecule has 2 aromatic rings. The highest BCUT2D eigenvalue weighted by Gasteiger charge is 2.17. The molecule has 0 fully saturated rings. The molecule has 0 bridgehead atoms. The maximum atomic E-state index is 2.98. The largest absolute Gasteiger partial charge is 0.105 e. The Kier molecular flexibility index (Phi) is 5.45. The van der Waals surface area contributed by atoms with Gasteiger partial charge in [-0.3, -0.25) is 0 Å². The van der Waals surface area contributed by atoms with E-state index >= 15 is 0 Å². The summed E-state index contributed by atoms with van der Waals surface area (Å²) in [7, 11) is 2.98. The van der Waals surface area contributed by atoms with Crippen molar-refractivity contribution < 1.29 is 0 Å². The van der Waals surface area contributed by atoms with Gasteiger partial charge < -0.3 is 0 Å². The summed E-state index contributed by atoms with van der Waals surface area (Å²) in [4.78, 5) is 0. The highest BCUT2D eigenvalue weighted by atomic mass is 31.0. The first-order valence-electron chi connectivity index (χ1n) is 8.36. The van der Waals surface area contributed by atoms with Crippen LogP contribution in [-0.2, 0) is 0 Å². The van der Waals surface area contributed by atoms with Gasteiger partial charge >= 0.3 is 0 Å². The molecule has 0 saturated carbocycles. The molecule has 0 aliphatic heterocycles. The van der Waals surface area contributed by atoms with Crippen LogP contribution in [0.25, 0.3) is 11.1 Å². The zero-order valence-corrected chi connectivity index (χ0v) is 15.9. The summed E-state index contributed by atoms with van der Waals surface area (Å²) in [6.07, 6.45) is 0. The van der Waals surface area contributed by atoms with Crippen LogP contribution in [0.3, 0.4) is 0 Å². The maximum Gasteiger partial charge on any atom is -0.0106 e. The lowest BCUT2D eigenvalue weighted by atomic mass is 9.84. The van der Waals surface area contributed by atoms with Gasteiger partial charge in [-0.1, -0.05) is 77.9 Å². The number of rotatable bonds is 4. The predicted molar refractivity (Wildman–Crippen MR) is 103 cm³/mol. The predicted octanol–water partition coefficient (Wildman–Crippen LogP) is 6.22. The lowest BCUT2D eigenvalue weighted by Crippen LogP contribution is -2.09. The Bertz CT molecular complexity index is 651. The molecule has 22 heavy (non-hydrogen) atoms. The van der Waals surface area contributed by atoms with Crippen molar-refractivity contribution in [2.24, 2.45) is 0 Å². The van der Waals surface area contributed by atoms with Crippen LogP contribution in [0.4, 0.5) is 0 Å². The van der Waals surface area contributed by atoms with Crippen molar-refractivity contribution in [3.8, 4) is 11.1 Å². The summed E-state index contributed by atoms with van der Waals surface area (Å²) in [6, 6.07) is 13.5. The van der Waals surface area contributed by atoms with Gasteiger partial charge in [-0.25, -0.2) is 0 Å². The summed E-state index contributed by atoms with van der Waals surface area (Å²) in [5.41, 5.74) is 7.16. The summed E-state index contributed by atoms with van der Waals surface area (Å²) >= 11 is 0. The van der Waals surface area contributed by atoms with Crippen molar-refractivity contribution in [3.05, 3.63) is 53.1 Å². The first-order chi connectivity index (χ1) is 10.3. The van der Waals surface area contributed by atoms with Gasteiger partial charge in [0.2, 0.25) is 0 Å². The van der Waals surface area contributed by atoms with Crippen molar-refractivity contribution in [1.82, 2.24) is 0 Å². The molecule has 0 spiro atoms. The molecule has 0 aliphatic carbocycles. The fourth-order valence-electron chi connectivity index (χ4n) is 3.29. The van der Waals surface area contributed by atoms with Crippen LogP contribution in [0, 0.1) is 0 Å². The molecular weight excluding hydrogens is 283 g/mol. The molecule has 0 aliphatic rings. The van der Waals surface area contributed by atoms with Crippen molar-refractivity contribution in [2.75, 3.05) is 0 Å². The molecule has 0 nitrogen and oxygen atoms in total. The standard InChI is InChI=1S/C21H29P/c1-13(2)16-9-7-11-18(20(16)15(5)6)19-12-8-10-17(14(3)4)21(19)22/h7-15H,22H2,1-6H3. The quantitative estimate of drug-likeness (QED) is 0.587. The van der Waals surface area contributed by atoms with Gasteiger partial charge in [-0.05, 0) is 50.9 Å². The Morgan fingerprint density at radius 3 is 1.64 bits per heavy atom. The maximum absolute atomic E-state index is 2.98. The van der Waals surface area contributed by atoms with E-state index in [9.17, 15) is 0 Å². The molecule has 1 heteroatoms. The molecule has 0 heterocycles. The minimum Gasteiger partial charge on any atom is -0.105 e. The van der Waals surface area contributed by atoms with Crippen LogP contribution in [0.5, 0.6) is 0 Å². The van der Waals surface area contributed by atoms with Crippen LogP contribution < -0.4 is 5.30 Å². The van der Waals surface area contributed by atoms with Gasteiger partial charge in [0.1, 0.15) is 0 Å². The second kappa shape index (κ2) is 6.97. The minimum absolute atomic E-state index is 0.528. The van der Waals surface area contributed by atoms with E-state index in [1.165, 1.54) is 33.1 Å². The Morgan fingerprint density at radius 1 is 0.636 bits per heavy atom. The van der Waals surface area contributed by atoms with Gasteiger partial charge in [0.15, 0.2) is 0 Å². The normalized spacial score (nSPS) is 11.7. The molecule has 0 amide bonds. The van der Waals surface area contributed by atoms with Crippen LogP contribution >= 0.6 is 9.24 Å². The molecule has 0 saturated heterocycles. The first-order valence-corrected chi connectivity index (χ1v) is 8.93. The summed E-state index contributed by atoms with van der Waals surface area (Å²) in [6.45, 7) is 13.7. The number of hydrogen-bond donors (Lipinski definition) is 0. The van der Waals surface area contributed by atoms with E-state index in [1.54, 1.807) is 0 Å². The first kappa shape index (κ1) is 17.2. The van der Waals surface area contributed by atoms with Crippen molar-refractivity contribution >= 4 is 14.5 Å². The average Bonchev–Trinajstić information content (AvgIpc) is 2.46. The fourth-order valence-corrected chi connectivity index (χ4v) is 3.97. The van der Waals surface area contributed by atoms with E-state index < -0.39 is 0 Å². The second-order valence-corrected chi connectivity index (χ2v) is 7.66. The number of benzene rings is 2. The monoisotopic (exact) mass is 312 g/mol. The summed E-state index contributed by atoms with van der Waals surface area (Å²) in [5.74, 6) is 1.63. The molecule has 118 valence electrons. The summed E-state index contributed by atoms with van der Waals surface area (Å²) in [5, 5.41) is 1.35. The van der Waals surface area contributed by atoms with Gasteiger partial charge in [0, 0.05) is 0 Å². The lowest BCUT2D eigenvalue weighted by Gasteiger charge is -2.22. The topological polar surface area (TPSA) is 0 Å². The Morgan fingerprint density at radius 2 is 1.14 bits per heavy atom. The van der Waals surface area contributed by atoms with Gasteiger partial charge in [-0.2, -0.15) is 0 Å². The molecule has 1 atom stereocenters. The second-order valence-electron chi connectivity index (χ2n) is 7.08. The van der Waals surface area contributed by atoms with Crippen LogP contribution in [-0.4, -0.2) is 0 Å². The third kappa shape index (κ3) is 3.28. The smallest absolute Gasteiger partial charge is 0.0106 e. The molecule has 1 unspecified atom stereocenters. The van der Waals surface area contributed by atoms with Crippen LogP contribution in [0.15, 0.2) is 36.4 Å². The van der Waals surface area contributed by atoms with Crippen molar-refractivity contribution in [2.45, 2.75) is 59.3 Å². The van der Waals surface area contributed by atoms with Gasteiger partial charge in [-0.15, -0.1) is 9.24 Å². The van der Waals surface area contributed by atoms with E-state index in [4.69, 9.17) is 0 Å². The van der Waals surface area contributed by atoms with Gasteiger partial charge in [0.05, 0.1) is 0 Å².